The number of rotatable bonds is 4. The van der Waals surface area contributed by atoms with Crippen LogP contribution in [0.4, 0.5) is 10.5 Å². The molecule has 0 unspecified atom stereocenters. The van der Waals surface area contributed by atoms with E-state index in [4.69, 9.17) is 11.6 Å². The summed E-state index contributed by atoms with van der Waals surface area (Å²) in [6.07, 6.45) is 5.53. The van der Waals surface area contributed by atoms with Gasteiger partial charge in [-0.3, -0.25) is 15.0 Å². The van der Waals surface area contributed by atoms with Gasteiger partial charge in [0, 0.05) is 42.9 Å². The van der Waals surface area contributed by atoms with Crippen LogP contribution in [0.1, 0.15) is 44.6 Å². The Kier molecular flexibility index (Phi) is 7.18. The lowest BCUT2D eigenvalue weighted by molar-refractivity contribution is -0.124. The van der Waals surface area contributed by atoms with Crippen molar-refractivity contribution in [2.45, 2.75) is 58.0 Å². The van der Waals surface area contributed by atoms with E-state index in [-0.39, 0.29) is 24.0 Å². The summed E-state index contributed by atoms with van der Waals surface area (Å²) in [7, 11) is 0. The van der Waals surface area contributed by atoms with Gasteiger partial charge in [-0.25, -0.2) is 4.79 Å². The summed E-state index contributed by atoms with van der Waals surface area (Å²) in [6.45, 7) is 7.14. The number of nitrogens with zero attached hydrogens (tertiary/aromatic N) is 2. The number of amides is 3. The Morgan fingerprint density at radius 3 is 2.46 bits per heavy atom. The minimum Gasteiger partial charge on any atom is -0.369 e. The van der Waals surface area contributed by atoms with Crippen LogP contribution in [0.2, 0.25) is 5.02 Å². The van der Waals surface area contributed by atoms with E-state index < -0.39 is 0 Å². The topological polar surface area (TPSA) is 64.7 Å². The van der Waals surface area contributed by atoms with Gasteiger partial charge >= 0.3 is 6.03 Å². The average Bonchev–Trinajstić information content (AvgIpc) is 2.70. The molecule has 1 aromatic rings. The number of nitrogens with one attached hydrogen (secondary N) is 2. The largest absolute Gasteiger partial charge is 0.369 e. The second-order valence-electron chi connectivity index (χ2n) is 7.93. The Hall–Kier alpha value is -1.79. The van der Waals surface area contributed by atoms with Crippen LogP contribution in [-0.2, 0) is 4.79 Å². The van der Waals surface area contributed by atoms with E-state index in [1.54, 1.807) is 0 Å². The zero-order valence-electron chi connectivity index (χ0n) is 16.8. The molecule has 3 amide bonds. The number of carbonyl (C=O) groups is 2. The lowest BCUT2D eigenvalue weighted by Crippen LogP contribution is -2.56. The summed E-state index contributed by atoms with van der Waals surface area (Å²) in [5, 5.41) is 6.20. The van der Waals surface area contributed by atoms with Crippen molar-refractivity contribution in [2.75, 3.05) is 31.1 Å². The van der Waals surface area contributed by atoms with Crippen LogP contribution >= 0.6 is 11.6 Å². The number of piperazine rings is 1. The predicted octanol–water partition coefficient (Wildman–Crippen LogP) is 3.32. The molecule has 28 heavy (non-hydrogen) atoms. The minimum absolute atomic E-state index is 0.196. The normalized spacial score (nSPS) is 19.9. The van der Waals surface area contributed by atoms with Crippen LogP contribution in [0.25, 0.3) is 0 Å². The van der Waals surface area contributed by atoms with E-state index in [1.807, 2.05) is 25.1 Å². The molecule has 6 nitrogen and oxygen atoms in total. The molecule has 2 fully saturated rings. The van der Waals surface area contributed by atoms with E-state index in [9.17, 15) is 9.59 Å². The van der Waals surface area contributed by atoms with Crippen LogP contribution in [0.15, 0.2) is 18.2 Å². The molecule has 3 rings (SSSR count). The van der Waals surface area contributed by atoms with Crippen molar-refractivity contribution in [3.63, 3.8) is 0 Å². The maximum atomic E-state index is 12.5. The molecule has 1 aliphatic carbocycles. The first kappa shape index (κ1) is 20.9. The SMILES string of the molecule is Cc1ccc(Cl)cc1N1CCN([C@@H](C)C(=O)NC(=O)NC2CCCCC2)CC1. The van der Waals surface area contributed by atoms with Gasteiger partial charge in [0.25, 0.3) is 0 Å². The standard InChI is InChI=1S/C21H31ClN4O2/c1-15-8-9-17(22)14-19(15)26-12-10-25(11-13-26)16(2)20(27)24-21(28)23-18-6-4-3-5-7-18/h8-9,14,16,18H,3-7,10-13H2,1-2H3,(H2,23,24,27,28)/t16-/m0/s1. The van der Waals surface area contributed by atoms with E-state index in [1.165, 1.54) is 12.0 Å². The van der Waals surface area contributed by atoms with Crippen LogP contribution in [0.5, 0.6) is 0 Å². The van der Waals surface area contributed by atoms with Crippen molar-refractivity contribution in [1.82, 2.24) is 15.5 Å². The molecule has 1 heterocycles. The summed E-state index contributed by atoms with van der Waals surface area (Å²) in [6, 6.07) is 5.43. The van der Waals surface area contributed by atoms with Crippen molar-refractivity contribution in [2.24, 2.45) is 0 Å². The Bertz CT molecular complexity index is 698. The molecule has 2 N–H and O–H groups in total. The molecule has 0 radical (unpaired) electrons. The number of imide groups is 1. The van der Waals surface area contributed by atoms with Crippen molar-refractivity contribution in [1.29, 1.82) is 0 Å². The Balaban J connectivity index is 1.47. The lowest BCUT2D eigenvalue weighted by atomic mass is 9.96. The smallest absolute Gasteiger partial charge is 0.321 e. The molecule has 1 saturated carbocycles. The summed E-state index contributed by atoms with van der Waals surface area (Å²) in [4.78, 5) is 29.1. The zero-order valence-corrected chi connectivity index (χ0v) is 17.6. The van der Waals surface area contributed by atoms with Gasteiger partial charge in [0.05, 0.1) is 6.04 Å². The fourth-order valence-corrected chi connectivity index (χ4v) is 4.29. The van der Waals surface area contributed by atoms with Crippen molar-refractivity contribution in [3.8, 4) is 0 Å². The molecule has 1 saturated heterocycles. The van der Waals surface area contributed by atoms with Gasteiger partial charge in [-0.2, -0.15) is 0 Å². The minimum atomic E-state index is -0.364. The van der Waals surface area contributed by atoms with Crippen LogP contribution in [0.3, 0.4) is 0 Å². The van der Waals surface area contributed by atoms with E-state index in [0.29, 0.717) is 0 Å². The Morgan fingerprint density at radius 2 is 1.79 bits per heavy atom. The van der Waals surface area contributed by atoms with E-state index in [2.05, 4.69) is 27.4 Å². The monoisotopic (exact) mass is 406 g/mol. The summed E-state index contributed by atoms with van der Waals surface area (Å²) >= 11 is 6.15. The van der Waals surface area contributed by atoms with Gasteiger partial charge < -0.3 is 10.2 Å². The molecule has 2 aliphatic rings. The number of urea groups is 1. The van der Waals surface area contributed by atoms with Gasteiger partial charge in [0.2, 0.25) is 5.91 Å². The predicted molar refractivity (Wildman–Crippen MR) is 113 cm³/mol. The van der Waals surface area contributed by atoms with E-state index in [0.717, 1.165) is 62.6 Å². The third kappa shape index (κ3) is 5.39. The highest BCUT2D eigenvalue weighted by Gasteiger charge is 2.27. The number of hydrogen-bond donors (Lipinski definition) is 2. The first-order valence-corrected chi connectivity index (χ1v) is 10.7. The highest BCUT2D eigenvalue weighted by molar-refractivity contribution is 6.30. The maximum absolute atomic E-state index is 12.5. The number of aryl methyl sites for hydroxylation is 1. The van der Waals surface area contributed by atoms with Gasteiger partial charge in [-0.15, -0.1) is 0 Å². The van der Waals surface area contributed by atoms with Crippen LogP contribution in [-0.4, -0.2) is 55.1 Å². The van der Waals surface area contributed by atoms with Gasteiger partial charge in [0.1, 0.15) is 0 Å². The molecule has 1 atom stereocenters. The lowest BCUT2D eigenvalue weighted by Gasteiger charge is -2.39. The number of halogens is 1. The quantitative estimate of drug-likeness (QED) is 0.805. The molecular weight excluding hydrogens is 376 g/mol. The highest BCUT2D eigenvalue weighted by Crippen LogP contribution is 2.25. The molecule has 1 aliphatic heterocycles. The van der Waals surface area contributed by atoms with Gasteiger partial charge in [-0.05, 0) is 44.4 Å². The molecule has 1 aromatic carbocycles. The molecule has 154 valence electrons. The third-order valence-corrected chi connectivity index (χ3v) is 6.17. The fraction of sp³-hybridized carbons (Fsp3) is 0.619. The van der Waals surface area contributed by atoms with Gasteiger partial charge in [-0.1, -0.05) is 36.9 Å². The number of carbonyl (C=O) groups excluding carboxylic acids is 2. The summed E-state index contributed by atoms with van der Waals surface area (Å²) in [5.74, 6) is -0.235. The molecule has 0 bridgehead atoms. The summed E-state index contributed by atoms with van der Waals surface area (Å²) in [5.41, 5.74) is 2.35. The molecule has 7 heteroatoms. The summed E-state index contributed by atoms with van der Waals surface area (Å²) < 4.78 is 0. The van der Waals surface area contributed by atoms with Crippen molar-refractivity contribution < 1.29 is 9.59 Å². The number of hydrogen-bond acceptors (Lipinski definition) is 4. The fourth-order valence-electron chi connectivity index (χ4n) is 4.12. The average molecular weight is 407 g/mol. The third-order valence-electron chi connectivity index (χ3n) is 5.93. The number of benzene rings is 1. The first-order valence-electron chi connectivity index (χ1n) is 10.3. The molecule has 0 aromatic heterocycles. The van der Waals surface area contributed by atoms with Crippen LogP contribution < -0.4 is 15.5 Å². The van der Waals surface area contributed by atoms with Crippen molar-refractivity contribution in [3.05, 3.63) is 28.8 Å². The van der Waals surface area contributed by atoms with E-state index >= 15 is 0 Å². The Labute approximate surface area is 172 Å². The molecule has 0 spiro atoms. The van der Waals surface area contributed by atoms with Crippen molar-refractivity contribution >= 4 is 29.2 Å². The van der Waals surface area contributed by atoms with Crippen LogP contribution in [0, 0.1) is 6.92 Å². The second-order valence-corrected chi connectivity index (χ2v) is 8.36. The molecular formula is C21H31ClN4O2. The first-order chi connectivity index (χ1) is 13.4. The Morgan fingerprint density at radius 1 is 1.11 bits per heavy atom. The maximum Gasteiger partial charge on any atom is 0.321 e. The number of anilines is 1. The zero-order chi connectivity index (χ0) is 20.1. The van der Waals surface area contributed by atoms with Gasteiger partial charge in [0.15, 0.2) is 0 Å². The highest BCUT2D eigenvalue weighted by atomic mass is 35.5. The second kappa shape index (κ2) is 9.61.